The van der Waals surface area contributed by atoms with Crippen LogP contribution in [0.5, 0.6) is 0 Å². The van der Waals surface area contributed by atoms with Gasteiger partial charge >= 0.3 is 5.97 Å². The van der Waals surface area contributed by atoms with E-state index < -0.39 is 0 Å². The van der Waals surface area contributed by atoms with Crippen LogP contribution in [0, 0.1) is 0 Å². The lowest BCUT2D eigenvalue weighted by Crippen LogP contribution is -2.41. The van der Waals surface area contributed by atoms with Gasteiger partial charge in [-0.1, -0.05) is 18.2 Å². The molecule has 0 saturated heterocycles. The van der Waals surface area contributed by atoms with Crippen molar-refractivity contribution in [2.24, 2.45) is 0 Å². The Morgan fingerprint density at radius 1 is 1.29 bits per heavy atom. The van der Waals surface area contributed by atoms with Gasteiger partial charge in [-0.25, -0.2) is 0 Å². The van der Waals surface area contributed by atoms with Gasteiger partial charge in [0.25, 0.3) is 5.91 Å². The number of hydrogen-bond donors (Lipinski definition) is 0. The lowest BCUT2D eigenvalue weighted by Gasteiger charge is -2.25. The molecule has 1 aromatic carbocycles. The van der Waals surface area contributed by atoms with Crippen LogP contribution in [0.1, 0.15) is 31.1 Å². The van der Waals surface area contributed by atoms with E-state index in [1.54, 1.807) is 11.8 Å². The Balaban J connectivity index is 2.28. The quantitative estimate of drug-likeness (QED) is 0.796. The third kappa shape index (κ3) is 3.42. The molecule has 21 heavy (non-hydrogen) atoms. The number of nitrogens with zero attached hydrogens (tertiary/aromatic N) is 1. The molecule has 2 aromatic rings. The van der Waals surface area contributed by atoms with Crippen LogP contribution in [0.4, 0.5) is 0 Å². The molecule has 4 nitrogen and oxygen atoms in total. The number of esters is 1. The number of thiophene rings is 1. The monoisotopic (exact) mass is 305 g/mol. The fraction of sp³-hybridized carbons (Fsp3) is 0.375. The number of hydrogen-bond acceptors (Lipinski definition) is 4. The summed E-state index contributed by atoms with van der Waals surface area (Å²) in [5.41, 5.74) is 0.647. The van der Waals surface area contributed by atoms with Gasteiger partial charge < -0.3 is 9.64 Å². The highest BCUT2D eigenvalue weighted by atomic mass is 32.1. The minimum Gasteiger partial charge on any atom is -0.465 e. The van der Waals surface area contributed by atoms with Crippen molar-refractivity contribution < 1.29 is 14.3 Å². The molecule has 0 radical (unpaired) electrons. The van der Waals surface area contributed by atoms with Crippen LogP contribution < -0.4 is 0 Å². The molecule has 0 aliphatic rings. The molecular formula is C16H19NO3S. The van der Waals surface area contributed by atoms with Crippen molar-refractivity contribution in [2.45, 2.75) is 26.8 Å². The Kier molecular flexibility index (Phi) is 4.96. The van der Waals surface area contributed by atoms with Crippen LogP contribution in [0.25, 0.3) is 10.1 Å². The largest absolute Gasteiger partial charge is 0.465 e. The summed E-state index contributed by atoms with van der Waals surface area (Å²) >= 11 is 1.54. The first-order valence-corrected chi connectivity index (χ1v) is 7.85. The molecule has 0 bridgehead atoms. The third-order valence-corrected chi connectivity index (χ3v) is 4.16. The summed E-state index contributed by atoms with van der Waals surface area (Å²) in [6.07, 6.45) is 0. The Morgan fingerprint density at radius 3 is 2.67 bits per heavy atom. The summed E-state index contributed by atoms with van der Waals surface area (Å²) in [7, 11) is 0. The first-order chi connectivity index (χ1) is 10.0. The number of ether oxygens (including phenoxy) is 1. The SMILES string of the molecule is CCOC(=O)CN(C(=O)c1csc2ccccc12)C(C)C. The maximum Gasteiger partial charge on any atom is 0.325 e. The van der Waals surface area contributed by atoms with Gasteiger partial charge in [0, 0.05) is 21.5 Å². The van der Waals surface area contributed by atoms with Crippen LogP contribution in [0.2, 0.25) is 0 Å². The topological polar surface area (TPSA) is 46.6 Å². The minimum atomic E-state index is -0.376. The lowest BCUT2D eigenvalue weighted by molar-refractivity contribution is -0.144. The molecule has 0 unspecified atom stereocenters. The molecule has 112 valence electrons. The second kappa shape index (κ2) is 6.72. The zero-order chi connectivity index (χ0) is 15.4. The molecule has 5 heteroatoms. The summed E-state index contributed by atoms with van der Waals surface area (Å²) in [5, 5.41) is 2.79. The van der Waals surface area contributed by atoms with Gasteiger partial charge in [-0.2, -0.15) is 0 Å². The Labute approximate surface area is 128 Å². The van der Waals surface area contributed by atoms with Crippen LogP contribution in [-0.4, -0.2) is 36.0 Å². The molecule has 0 aliphatic carbocycles. The van der Waals surface area contributed by atoms with E-state index in [9.17, 15) is 9.59 Å². The van der Waals surface area contributed by atoms with E-state index in [-0.39, 0.29) is 24.5 Å². The summed E-state index contributed by atoms with van der Waals surface area (Å²) in [5.74, 6) is -0.505. The lowest BCUT2D eigenvalue weighted by atomic mass is 10.1. The predicted molar refractivity (Wildman–Crippen MR) is 84.6 cm³/mol. The van der Waals surface area contributed by atoms with E-state index >= 15 is 0 Å². The highest BCUT2D eigenvalue weighted by Crippen LogP contribution is 2.27. The van der Waals surface area contributed by atoms with Gasteiger partial charge in [0.2, 0.25) is 0 Å². The van der Waals surface area contributed by atoms with E-state index in [1.807, 2.05) is 43.5 Å². The molecule has 1 amide bonds. The molecule has 1 aromatic heterocycles. The van der Waals surface area contributed by atoms with Crippen molar-refractivity contribution >= 4 is 33.3 Å². The third-order valence-electron chi connectivity index (χ3n) is 3.20. The van der Waals surface area contributed by atoms with Crippen LogP contribution in [0.3, 0.4) is 0 Å². The normalized spacial score (nSPS) is 10.9. The van der Waals surface area contributed by atoms with Gasteiger partial charge in [-0.3, -0.25) is 9.59 Å². The number of fused-ring (bicyclic) bond motifs is 1. The fourth-order valence-corrected chi connectivity index (χ4v) is 3.07. The summed E-state index contributed by atoms with van der Waals surface area (Å²) in [6, 6.07) is 7.72. The molecule has 0 N–H and O–H groups in total. The van der Waals surface area contributed by atoms with E-state index in [0.29, 0.717) is 12.2 Å². The first-order valence-electron chi connectivity index (χ1n) is 6.97. The van der Waals surface area contributed by atoms with Gasteiger partial charge in [-0.15, -0.1) is 11.3 Å². The first kappa shape index (κ1) is 15.5. The van der Waals surface area contributed by atoms with Crippen molar-refractivity contribution in [1.29, 1.82) is 0 Å². The van der Waals surface area contributed by atoms with Crippen LogP contribution in [0.15, 0.2) is 29.6 Å². The number of amides is 1. The molecular weight excluding hydrogens is 286 g/mol. The maximum atomic E-state index is 12.7. The molecule has 1 heterocycles. The van der Waals surface area contributed by atoms with Crippen molar-refractivity contribution in [3.8, 4) is 0 Å². The van der Waals surface area contributed by atoms with Gasteiger partial charge in [0.1, 0.15) is 6.54 Å². The molecule has 2 rings (SSSR count). The van der Waals surface area contributed by atoms with Crippen molar-refractivity contribution in [3.05, 3.63) is 35.2 Å². The highest BCUT2D eigenvalue weighted by Gasteiger charge is 2.24. The predicted octanol–water partition coefficient (Wildman–Crippen LogP) is 3.32. The van der Waals surface area contributed by atoms with Gasteiger partial charge in [0.05, 0.1) is 12.2 Å². The van der Waals surface area contributed by atoms with Crippen molar-refractivity contribution in [1.82, 2.24) is 4.90 Å². The number of rotatable bonds is 5. The summed E-state index contributed by atoms with van der Waals surface area (Å²) in [6.45, 7) is 5.85. The average molecular weight is 305 g/mol. The minimum absolute atomic E-state index is 0.0193. The molecule has 0 spiro atoms. The second-order valence-corrected chi connectivity index (χ2v) is 5.89. The molecule has 0 aliphatic heterocycles. The van der Waals surface area contributed by atoms with E-state index in [2.05, 4.69) is 0 Å². The van der Waals surface area contributed by atoms with Crippen molar-refractivity contribution in [3.63, 3.8) is 0 Å². The molecule has 0 fully saturated rings. The Morgan fingerprint density at radius 2 is 2.00 bits per heavy atom. The van der Waals surface area contributed by atoms with Gasteiger partial charge in [0.15, 0.2) is 0 Å². The fourth-order valence-electron chi connectivity index (χ4n) is 2.13. The number of benzene rings is 1. The zero-order valence-corrected chi connectivity index (χ0v) is 13.3. The summed E-state index contributed by atoms with van der Waals surface area (Å²) in [4.78, 5) is 26.0. The zero-order valence-electron chi connectivity index (χ0n) is 12.5. The highest BCUT2D eigenvalue weighted by molar-refractivity contribution is 7.17. The van der Waals surface area contributed by atoms with E-state index in [0.717, 1.165) is 10.1 Å². The maximum absolute atomic E-state index is 12.7. The Hall–Kier alpha value is -1.88. The smallest absolute Gasteiger partial charge is 0.325 e. The molecule has 0 atom stereocenters. The number of carbonyl (C=O) groups excluding carboxylic acids is 2. The van der Waals surface area contributed by atoms with E-state index in [1.165, 1.54) is 11.3 Å². The number of carbonyl (C=O) groups is 2. The van der Waals surface area contributed by atoms with Crippen LogP contribution >= 0.6 is 11.3 Å². The van der Waals surface area contributed by atoms with Gasteiger partial charge in [-0.05, 0) is 26.8 Å². The van der Waals surface area contributed by atoms with Crippen molar-refractivity contribution in [2.75, 3.05) is 13.2 Å². The van der Waals surface area contributed by atoms with Crippen LogP contribution in [-0.2, 0) is 9.53 Å². The summed E-state index contributed by atoms with van der Waals surface area (Å²) < 4.78 is 6.02. The molecule has 0 saturated carbocycles. The average Bonchev–Trinajstić information content (AvgIpc) is 2.88. The second-order valence-electron chi connectivity index (χ2n) is 4.98. The standard InChI is InChI=1S/C16H19NO3S/c1-4-20-15(18)9-17(11(2)3)16(19)13-10-21-14-8-6-5-7-12(13)14/h5-8,10-11H,4,9H2,1-3H3. The Bertz CT molecular complexity index is 648. The van der Waals surface area contributed by atoms with E-state index in [4.69, 9.17) is 4.74 Å².